The van der Waals surface area contributed by atoms with Crippen LogP contribution in [0.2, 0.25) is 0 Å². The van der Waals surface area contributed by atoms with Crippen molar-refractivity contribution in [2.75, 3.05) is 5.75 Å². The summed E-state index contributed by atoms with van der Waals surface area (Å²) in [6.45, 7) is 6.61. The van der Waals surface area contributed by atoms with Crippen molar-refractivity contribution in [1.29, 1.82) is 0 Å². The fourth-order valence-electron chi connectivity index (χ4n) is 1.30. The van der Waals surface area contributed by atoms with Gasteiger partial charge in [0.05, 0.1) is 11.8 Å². The van der Waals surface area contributed by atoms with Crippen LogP contribution in [0.5, 0.6) is 5.75 Å². The van der Waals surface area contributed by atoms with Gasteiger partial charge < -0.3 is 9.50 Å². The second-order valence-corrected chi connectivity index (χ2v) is 6.12. The molecular weight excluding hydrogens is 238 g/mol. The van der Waals surface area contributed by atoms with Crippen LogP contribution in [-0.2, 0) is 16.7 Å². The monoisotopic (exact) mass is 258 g/mol. The largest absolute Gasteiger partial charge is 0.382 e. The number of hydrogen-bond donors (Lipinski definition) is 1. The number of nitrogens with two attached hydrogens (primary N) is 1. The molecule has 0 bridgehead atoms. The Morgan fingerprint density at radius 1 is 1.35 bits per heavy atom. The van der Waals surface area contributed by atoms with Gasteiger partial charge in [0.15, 0.2) is 0 Å². The van der Waals surface area contributed by atoms with E-state index in [2.05, 4.69) is 19.2 Å². The van der Waals surface area contributed by atoms with Gasteiger partial charge in [-0.3, -0.25) is 0 Å². The maximum atomic E-state index is 11.3. The molecule has 0 aliphatic carbocycles. The standard InChI is InChI=1S/C12H19NO3S/c1-4-17(14,15)16-12-7-5-6-11(8-12)9-13-10(2)3/h5-8,10,13H,4,9H2,1-3H3/p+1. The van der Waals surface area contributed by atoms with E-state index in [9.17, 15) is 8.42 Å². The summed E-state index contributed by atoms with van der Waals surface area (Å²) in [5.74, 6) is 0.372. The van der Waals surface area contributed by atoms with Crippen LogP contribution in [0.1, 0.15) is 26.3 Å². The van der Waals surface area contributed by atoms with Crippen molar-refractivity contribution in [3.8, 4) is 5.75 Å². The summed E-state index contributed by atoms with van der Waals surface area (Å²) in [6, 6.07) is 7.71. The lowest BCUT2D eigenvalue weighted by atomic mass is 10.2. The highest BCUT2D eigenvalue weighted by molar-refractivity contribution is 7.87. The first-order chi connectivity index (χ1) is 7.93. The van der Waals surface area contributed by atoms with Crippen molar-refractivity contribution >= 4 is 10.1 Å². The van der Waals surface area contributed by atoms with E-state index in [1.165, 1.54) is 0 Å². The lowest BCUT2D eigenvalue weighted by molar-refractivity contribution is -0.698. The fraction of sp³-hybridized carbons (Fsp3) is 0.500. The van der Waals surface area contributed by atoms with E-state index in [-0.39, 0.29) is 5.75 Å². The molecule has 0 spiro atoms. The van der Waals surface area contributed by atoms with Crippen molar-refractivity contribution in [1.82, 2.24) is 0 Å². The predicted molar refractivity (Wildman–Crippen MR) is 67.3 cm³/mol. The Bertz CT molecular complexity index is 455. The van der Waals surface area contributed by atoms with Crippen molar-refractivity contribution in [2.24, 2.45) is 0 Å². The van der Waals surface area contributed by atoms with Crippen LogP contribution in [0.25, 0.3) is 0 Å². The van der Waals surface area contributed by atoms with E-state index in [1.807, 2.05) is 12.1 Å². The van der Waals surface area contributed by atoms with E-state index in [4.69, 9.17) is 4.18 Å². The Balaban J connectivity index is 2.72. The average Bonchev–Trinajstić information content (AvgIpc) is 2.26. The molecule has 0 radical (unpaired) electrons. The van der Waals surface area contributed by atoms with Crippen LogP contribution < -0.4 is 9.50 Å². The molecule has 96 valence electrons. The zero-order valence-corrected chi connectivity index (χ0v) is 11.3. The molecule has 2 N–H and O–H groups in total. The van der Waals surface area contributed by atoms with E-state index < -0.39 is 10.1 Å². The normalized spacial score (nSPS) is 11.8. The van der Waals surface area contributed by atoms with E-state index in [0.29, 0.717) is 11.8 Å². The molecule has 0 aromatic heterocycles. The molecule has 0 fully saturated rings. The molecule has 0 amide bonds. The smallest absolute Gasteiger partial charge is 0.308 e. The minimum absolute atomic E-state index is 0.0185. The summed E-state index contributed by atoms with van der Waals surface area (Å²) in [6.07, 6.45) is 0. The van der Waals surface area contributed by atoms with Gasteiger partial charge in [0.25, 0.3) is 0 Å². The van der Waals surface area contributed by atoms with Crippen LogP contribution >= 0.6 is 0 Å². The van der Waals surface area contributed by atoms with Gasteiger partial charge in [0, 0.05) is 5.56 Å². The number of benzene rings is 1. The van der Waals surface area contributed by atoms with E-state index in [1.54, 1.807) is 19.1 Å². The van der Waals surface area contributed by atoms with E-state index >= 15 is 0 Å². The first-order valence-corrected chi connectivity index (χ1v) is 7.35. The average molecular weight is 258 g/mol. The Morgan fingerprint density at radius 2 is 2.06 bits per heavy atom. The van der Waals surface area contributed by atoms with Crippen LogP contribution in [0.3, 0.4) is 0 Å². The Labute approximate surface area is 103 Å². The van der Waals surface area contributed by atoms with Crippen LogP contribution in [-0.4, -0.2) is 20.2 Å². The number of quaternary nitrogens is 1. The summed E-state index contributed by atoms with van der Waals surface area (Å²) in [5.41, 5.74) is 1.06. The third-order valence-electron chi connectivity index (χ3n) is 2.30. The molecule has 1 rings (SSSR count). The summed E-state index contributed by atoms with van der Waals surface area (Å²) < 4.78 is 27.6. The first kappa shape index (κ1) is 14.0. The molecule has 0 saturated heterocycles. The van der Waals surface area contributed by atoms with Gasteiger partial charge in [-0.05, 0) is 32.9 Å². The molecule has 0 unspecified atom stereocenters. The SMILES string of the molecule is CCS(=O)(=O)Oc1cccc(C[NH2+]C(C)C)c1. The molecule has 1 aromatic rings. The molecule has 5 heteroatoms. The maximum Gasteiger partial charge on any atom is 0.308 e. The summed E-state index contributed by atoms with van der Waals surface area (Å²) in [5, 5.41) is 2.17. The van der Waals surface area contributed by atoms with Gasteiger partial charge in [-0.25, -0.2) is 0 Å². The predicted octanol–water partition coefficient (Wildman–Crippen LogP) is 0.887. The summed E-state index contributed by atoms with van der Waals surface area (Å²) in [4.78, 5) is 0. The van der Waals surface area contributed by atoms with Gasteiger partial charge in [-0.15, -0.1) is 0 Å². The van der Waals surface area contributed by atoms with Crippen molar-refractivity contribution < 1.29 is 17.9 Å². The fourth-order valence-corrected chi connectivity index (χ4v) is 1.82. The van der Waals surface area contributed by atoms with Gasteiger partial charge in [-0.2, -0.15) is 8.42 Å². The molecular formula is C12H20NO3S+. The molecule has 0 aliphatic rings. The Morgan fingerprint density at radius 3 is 2.65 bits per heavy atom. The molecule has 0 heterocycles. The van der Waals surface area contributed by atoms with E-state index in [0.717, 1.165) is 12.1 Å². The third-order valence-corrected chi connectivity index (χ3v) is 3.45. The highest BCUT2D eigenvalue weighted by Crippen LogP contribution is 2.15. The van der Waals surface area contributed by atoms with Gasteiger partial charge >= 0.3 is 10.1 Å². The Hall–Kier alpha value is -1.07. The highest BCUT2D eigenvalue weighted by Gasteiger charge is 2.09. The lowest BCUT2D eigenvalue weighted by Crippen LogP contribution is -2.86. The maximum absolute atomic E-state index is 11.3. The van der Waals surface area contributed by atoms with Crippen LogP contribution in [0.15, 0.2) is 24.3 Å². The van der Waals surface area contributed by atoms with Crippen LogP contribution in [0, 0.1) is 0 Å². The van der Waals surface area contributed by atoms with Crippen molar-refractivity contribution in [2.45, 2.75) is 33.4 Å². The molecule has 17 heavy (non-hydrogen) atoms. The van der Waals surface area contributed by atoms with Crippen molar-refractivity contribution in [3.63, 3.8) is 0 Å². The van der Waals surface area contributed by atoms with Crippen molar-refractivity contribution in [3.05, 3.63) is 29.8 Å². The molecule has 1 aromatic carbocycles. The zero-order chi connectivity index (χ0) is 12.9. The quantitative estimate of drug-likeness (QED) is 0.771. The number of rotatable bonds is 6. The third kappa shape index (κ3) is 5.19. The minimum Gasteiger partial charge on any atom is -0.382 e. The second kappa shape index (κ2) is 6.02. The zero-order valence-electron chi connectivity index (χ0n) is 10.5. The van der Waals surface area contributed by atoms with Gasteiger partial charge in [0.2, 0.25) is 0 Å². The lowest BCUT2D eigenvalue weighted by Gasteiger charge is -2.08. The minimum atomic E-state index is -3.43. The van der Waals surface area contributed by atoms with Gasteiger partial charge in [0.1, 0.15) is 12.3 Å². The molecule has 4 nitrogen and oxygen atoms in total. The number of hydrogen-bond acceptors (Lipinski definition) is 3. The molecule has 0 saturated carbocycles. The summed E-state index contributed by atoms with van der Waals surface area (Å²) in [7, 11) is -3.43. The first-order valence-electron chi connectivity index (χ1n) is 5.77. The highest BCUT2D eigenvalue weighted by atomic mass is 32.2. The van der Waals surface area contributed by atoms with Crippen LogP contribution in [0.4, 0.5) is 0 Å². The topological polar surface area (TPSA) is 60.0 Å². The molecule has 0 aliphatic heterocycles. The molecule has 0 atom stereocenters. The summed E-state index contributed by atoms with van der Waals surface area (Å²) >= 11 is 0. The second-order valence-electron chi connectivity index (χ2n) is 4.26. The Kier molecular flexibility index (Phi) is 4.96. The van der Waals surface area contributed by atoms with Gasteiger partial charge in [-0.1, -0.05) is 12.1 Å².